The van der Waals surface area contributed by atoms with E-state index in [0.717, 1.165) is 18.8 Å². The predicted octanol–water partition coefficient (Wildman–Crippen LogP) is 2.89. The SMILES string of the molecule is Cc1nn(CC(=O)N2CCN(c3ccccc3)CC2)c(=O)c2c1cnn2-c1cccc(Cl)c1. The third kappa shape index (κ3) is 4.09. The number of rotatable bonds is 4. The van der Waals surface area contributed by atoms with Crippen LogP contribution < -0.4 is 10.5 Å². The number of nitrogens with zero attached hydrogens (tertiary/aromatic N) is 6. The van der Waals surface area contributed by atoms with Gasteiger partial charge < -0.3 is 9.80 Å². The average molecular weight is 463 g/mol. The van der Waals surface area contributed by atoms with Crippen molar-refractivity contribution in [2.45, 2.75) is 13.5 Å². The van der Waals surface area contributed by atoms with Crippen molar-refractivity contribution in [3.63, 3.8) is 0 Å². The number of hydrogen-bond acceptors (Lipinski definition) is 5. The van der Waals surface area contributed by atoms with E-state index in [1.165, 1.54) is 4.68 Å². The maximum Gasteiger partial charge on any atom is 0.293 e. The summed E-state index contributed by atoms with van der Waals surface area (Å²) < 4.78 is 2.80. The second-order valence-corrected chi connectivity index (χ2v) is 8.49. The highest BCUT2D eigenvalue weighted by molar-refractivity contribution is 6.30. The summed E-state index contributed by atoms with van der Waals surface area (Å²) in [5, 5.41) is 9.97. The van der Waals surface area contributed by atoms with Gasteiger partial charge in [0, 0.05) is 42.3 Å². The van der Waals surface area contributed by atoms with E-state index in [1.54, 1.807) is 34.0 Å². The van der Waals surface area contributed by atoms with Crippen LogP contribution in [0.4, 0.5) is 5.69 Å². The highest BCUT2D eigenvalue weighted by Gasteiger charge is 2.23. The lowest BCUT2D eigenvalue weighted by molar-refractivity contribution is -0.132. The second kappa shape index (κ2) is 8.71. The van der Waals surface area contributed by atoms with Gasteiger partial charge in [-0.05, 0) is 37.3 Å². The Morgan fingerprint density at radius 1 is 1.00 bits per heavy atom. The number of benzene rings is 2. The largest absolute Gasteiger partial charge is 0.368 e. The zero-order valence-electron chi connectivity index (χ0n) is 18.2. The van der Waals surface area contributed by atoms with E-state index in [-0.39, 0.29) is 18.0 Å². The van der Waals surface area contributed by atoms with Crippen molar-refractivity contribution < 1.29 is 4.79 Å². The molecule has 0 unspecified atom stereocenters. The predicted molar refractivity (Wildman–Crippen MR) is 128 cm³/mol. The number of anilines is 1. The van der Waals surface area contributed by atoms with Gasteiger partial charge >= 0.3 is 0 Å². The van der Waals surface area contributed by atoms with Crippen LogP contribution >= 0.6 is 11.6 Å². The van der Waals surface area contributed by atoms with Crippen molar-refractivity contribution >= 4 is 34.1 Å². The summed E-state index contributed by atoms with van der Waals surface area (Å²) in [7, 11) is 0. The van der Waals surface area contributed by atoms with E-state index in [9.17, 15) is 9.59 Å². The van der Waals surface area contributed by atoms with Crippen LogP contribution in [0.2, 0.25) is 5.02 Å². The van der Waals surface area contributed by atoms with Crippen molar-refractivity contribution in [3.8, 4) is 5.69 Å². The fraction of sp³-hybridized carbons (Fsp3) is 0.250. The Morgan fingerprint density at radius 3 is 2.45 bits per heavy atom. The number of carbonyl (C=O) groups excluding carboxylic acids is 1. The third-order valence-electron chi connectivity index (χ3n) is 5.96. The molecule has 1 saturated heterocycles. The molecule has 4 aromatic rings. The zero-order chi connectivity index (χ0) is 22.9. The lowest BCUT2D eigenvalue weighted by atomic mass is 10.2. The van der Waals surface area contributed by atoms with Crippen LogP contribution in [0.3, 0.4) is 0 Å². The minimum atomic E-state index is -0.357. The average Bonchev–Trinajstić information content (AvgIpc) is 3.29. The van der Waals surface area contributed by atoms with E-state index < -0.39 is 0 Å². The van der Waals surface area contributed by atoms with Gasteiger partial charge in [0.25, 0.3) is 5.56 Å². The highest BCUT2D eigenvalue weighted by atomic mass is 35.5. The summed E-state index contributed by atoms with van der Waals surface area (Å²) in [5.41, 5.74) is 2.49. The van der Waals surface area contributed by atoms with Gasteiger partial charge in [-0.2, -0.15) is 10.2 Å². The molecule has 2 aromatic carbocycles. The van der Waals surface area contributed by atoms with Gasteiger partial charge in [0.05, 0.1) is 17.6 Å². The van der Waals surface area contributed by atoms with Gasteiger partial charge in [-0.15, -0.1) is 0 Å². The monoisotopic (exact) mass is 462 g/mol. The molecular weight excluding hydrogens is 440 g/mol. The number of hydrogen-bond donors (Lipinski definition) is 0. The van der Waals surface area contributed by atoms with Crippen molar-refractivity contribution in [3.05, 3.63) is 81.9 Å². The topological polar surface area (TPSA) is 76.3 Å². The molecule has 0 bridgehead atoms. The lowest BCUT2D eigenvalue weighted by Gasteiger charge is -2.36. The van der Waals surface area contributed by atoms with Crippen LogP contribution in [-0.2, 0) is 11.3 Å². The van der Waals surface area contributed by atoms with Crippen molar-refractivity contribution in [2.75, 3.05) is 31.1 Å². The quantitative estimate of drug-likeness (QED) is 0.466. The maximum absolute atomic E-state index is 13.3. The van der Waals surface area contributed by atoms with E-state index in [0.29, 0.717) is 40.4 Å². The van der Waals surface area contributed by atoms with Gasteiger partial charge in [-0.1, -0.05) is 35.9 Å². The fourth-order valence-electron chi connectivity index (χ4n) is 4.21. The molecule has 0 aliphatic carbocycles. The molecule has 9 heteroatoms. The second-order valence-electron chi connectivity index (χ2n) is 8.05. The van der Waals surface area contributed by atoms with Gasteiger partial charge in [-0.25, -0.2) is 9.36 Å². The number of piperazine rings is 1. The minimum absolute atomic E-state index is 0.109. The van der Waals surface area contributed by atoms with Crippen molar-refractivity contribution in [1.82, 2.24) is 24.5 Å². The summed E-state index contributed by atoms with van der Waals surface area (Å²) in [5.74, 6) is -0.120. The molecule has 2 aromatic heterocycles. The number of halogens is 1. The maximum atomic E-state index is 13.3. The molecule has 0 radical (unpaired) electrons. The molecule has 0 N–H and O–H groups in total. The molecule has 0 spiro atoms. The Balaban J connectivity index is 1.38. The molecule has 5 rings (SSSR count). The first-order valence-electron chi connectivity index (χ1n) is 10.8. The molecule has 3 heterocycles. The van der Waals surface area contributed by atoms with Crippen molar-refractivity contribution in [2.24, 2.45) is 0 Å². The Morgan fingerprint density at radius 2 is 1.73 bits per heavy atom. The molecule has 8 nitrogen and oxygen atoms in total. The van der Waals surface area contributed by atoms with Crippen LogP contribution in [0.25, 0.3) is 16.6 Å². The number of para-hydroxylation sites is 1. The van der Waals surface area contributed by atoms with Gasteiger partial charge in [0.15, 0.2) is 0 Å². The highest BCUT2D eigenvalue weighted by Crippen LogP contribution is 2.20. The van der Waals surface area contributed by atoms with Gasteiger partial charge in [-0.3, -0.25) is 9.59 Å². The molecule has 1 aliphatic rings. The first-order valence-corrected chi connectivity index (χ1v) is 11.2. The van der Waals surface area contributed by atoms with E-state index in [4.69, 9.17) is 11.6 Å². The molecule has 1 aliphatic heterocycles. The standard InChI is InChI=1S/C24H23ClN6O2/c1-17-21-15-26-31(20-9-5-6-18(25)14-20)23(21)24(33)30(27-17)16-22(32)29-12-10-28(11-13-29)19-7-3-2-4-8-19/h2-9,14-15H,10-13,16H2,1H3. The number of fused-ring (bicyclic) bond motifs is 1. The molecule has 0 saturated carbocycles. The van der Waals surface area contributed by atoms with E-state index in [2.05, 4.69) is 27.2 Å². The normalized spacial score (nSPS) is 14.1. The Kier molecular flexibility index (Phi) is 5.60. The molecule has 0 atom stereocenters. The lowest BCUT2D eigenvalue weighted by Crippen LogP contribution is -2.50. The summed E-state index contributed by atoms with van der Waals surface area (Å²) in [6.07, 6.45) is 1.62. The Bertz CT molecular complexity index is 1370. The van der Waals surface area contributed by atoms with Crippen molar-refractivity contribution in [1.29, 1.82) is 0 Å². The minimum Gasteiger partial charge on any atom is -0.368 e. The number of carbonyl (C=O) groups is 1. The molecule has 33 heavy (non-hydrogen) atoms. The van der Waals surface area contributed by atoms with E-state index >= 15 is 0 Å². The first kappa shape index (κ1) is 21.2. The molecule has 1 fully saturated rings. The number of amides is 1. The number of aryl methyl sites for hydroxylation is 1. The Hall–Kier alpha value is -3.65. The van der Waals surface area contributed by atoms with Gasteiger partial charge in [0.2, 0.25) is 5.91 Å². The van der Waals surface area contributed by atoms with Crippen LogP contribution in [0.15, 0.2) is 65.6 Å². The number of aromatic nitrogens is 4. The smallest absolute Gasteiger partial charge is 0.293 e. The Labute approximate surface area is 195 Å². The first-order chi connectivity index (χ1) is 16.0. The summed E-state index contributed by atoms with van der Waals surface area (Å²) >= 11 is 6.13. The summed E-state index contributed by atoms with van der Waals surface area (Å²) in [6, 6.07) is 17.3. The van der Waals surface area contributed by atoms with Crippen LogP contribution in [0.5, 0.6) is 0 Å². The van der Waals surface area contributed by atoms with E-state index in [1.807, 2.05) is 31.2 Å². The summed E-state index contributed by atoms with van der Waals surface area (Å²) in [6.45, 7) is 4.40. The third-order valence-corrected chi connectivity index (χ3v) is 6.19. The van der Waals surface area contributed by atoms with Crippen LogP contribution in [0, 0.1) is 6.92 Å². The van der Waals surface area contributed by atoms with Gasteiger partial charge in [0.1, 0.15) is 12.1 Å². The molecule has 1 amide bonds. The fourth-order valence-corrected chi connectivity index (χ4v) is 4.40. The zero-order valence-corrected chi connectivity index (χ0v) is 18.9. The molecule has 168 valence electrons. The summed E-state index contributed by atoms with van der Waals surface area (Å²) in [4.78, 5) is 30.4. The van der Waals surface area contributed by atoms with Crippen LogP contribution in [0.1, 0.15) is 5.69 Å². The van der Waals surface area contributed by atoms with Crippen LogP contribution in [-0.4, -0.2) is 56.5 Å². The molecular formula is C24H23ClN6O2.